The van der Waals surface area contributed by atoms with Crippen LogP contribution in [0.25, 0.3) is 0 Å². The van der Waals surface area contributed by atoms with Crippen LogP contribution in [-0.4, -0.2) is 22.0 Å². The number of anilines is 2. The molecule has 3 N–H and O–H groups in total. The molecular weight excluding hydrogens is 334 g/mol. The predicted octanol–water partition coefficient (Wildman–Crippen LogP) is 3.26. The van der Waals surface area contributed by atoms with E-state index in [1.54, 1.807) is 19.1 Å². The van der Waals surface area contributed by atoms with Gasteiger partial charge in [0, 0.05) is 24.4 Å². The van der Waals surface area contributed by atoms with Crippen molar-refractivity contribution >= 4 is 28.8 Å². The summed E-state index contributed by atoms with van der Waals surface area (Å²) in [4.78, 5) is 19.3. The maximum absolute atomic E-state index is 11.1. The smallest absolute Gasteiger partial charge is 0.274 e. The molecule has 0 aliphatic carbocycles. The Balaban J connectivity index is 2.47. The molecule has 0 saturated carbocycles. The molecule has 24 heavy (non-hydrogen) atoms. The zero-order chi connectivity index (χ0) is 17.9. The van der Waals surface area contributed by atoms with Crippen molar-refractivity contribution in [3.8, 4) is 0 Å². The standard InChI is InChI=1S/C15H18ClN5O3/c1-4-10-13(16)20-15(12(19-10)14(17)24-3)18-9-6-5-8(2)11(7-9)21(22)23/h5-7,14H,4,17H2,1-3H3,(H,18,20). The van der Waals surface area contributed by atoms with E-state index in [1.807, 2.05) is 6.92 Å². The Morgan fingerprint density at radius 1 is 1.46 bits per heavy atom. The molecule has 0 saturated heterocycles. The average Bonchev–Trinajstić information content (AvgIpc) is 2.56. The fourth-order valence-corrected chi connectivity index (χ4v) is 2.37. The minimum Gasteiger partial charge on any atom is -0.361 e. The Morgan fingerprint density at radius 2 is 2.17 bits per heavy atom. The Labute approximate surface area is 144 Å². The van der Waals surface area contributed by atoms with Crippen molar-refractivity contribution in [2.75, 3.05) is 12.4 Å². The van der Waals surface area contributed by atoms with Gasteiger partial charge in [-0.25, -0.2) is 9.97 Å². The van der Waals surface area contributed by atoms with Crippen LogP contribution in [0.15, 0.2) is 18.2 Å². The summed E-state index contributed by atoms with van der Waals surface area (Å²) in [5, 5.41) is 14.3. The number of hydrogen-bond donors (Lipinski definition) is 2. The van der Waals surface area contributed by atoms with Crippen LogP contribution in [0.4, 0.5) is 17.2 Å². The summed E-state index contributed by atoms with van der Waals surface area (Å²) in [6.07, 6.45) is -0.214. The minimum absolute atomic E-state index is 0.00169. The van der Waals surface area contributed by atoms with Crippen molar-refractivity contribution in [1.82, 2.24) is 9.97 Å². The van der Waals surface area contributed by atoms with Crippen LogP contribution in [0.1, 0.15) is 30.1 Å². The third-order valence-corrected chi connectivity index (χ3v) is 3.78. The monoisotopic (exact) mass is 351 g/mol. The van der Waals surface area contributed by atoms with Gasteiger partial charge in [-0.15, -0.1) is 0 Å². The first kappa shape index (κ1) is 18.1. The number of ether oxygens (including phenoxy) is 1. The quantitative estimate of drug-likeness (QED) is 0.466. The van der Waals surface area contributed by atoms with E-state index in [-0.39, 0.29) is 10.8 Å². The number of aryl methyl sites for hydroxylation is 2. The van der Waals surface area contributed by atoms with Crippen LogP contribution in [-0.2, 0) is 11.2 Å². The molecule has 0 aliphatic rings. The third-order valence-electron chi connectivity index (χ3n) is 3.47. The Bertz CT molecular complexity index is 769. The van der Waals surface area contributed by atoms with E-state index in [4.69, 9.17) is 22.1 Å². The number of halogens is 1. The van der Waals surface area contributed by atoms with E-state index >= 15 is 0 Å². The number of nitrogens with two attached hydrogens (primary N) is 1. The molecule has 1 aromatic carbocycles. The Hall–Kier alpha value is -2.29. The van der Waals surface area contributed by atoms with E-state index in [9.17, 15) is 10.1 Å². The van der Waals surface area contributed by atoms with Crippen LogP contribution in [0.3, 0.4) is 0 Å². The molecular formula is C15H18ClN5O3. The van der Waals surface area contributed by atoms with Gasteiger partial charge in [0.2, 0.25) is 0 Å². The fraction of sp³-hybridized carbons (Fsp3) is 0.333. The van der Waals surface area contributed by atoms with E-state index in [0.717, 1.165) is 0 Å². The van der Waals surface area contributed by atoms with Crippen LogP contribution >= 0.6 is 11.6 Å². The van der Waals surface area contributed by atoms with Crippen molar-refractivity contribution in [3.63, 3.8) is 0 Å². The van der Waals surface area contributed by atoms with Gasteiger partial charge < -0.3 is 15.8 Å². The molecule has 1 heterocycles. The second-order valence-corrected chi connectivity index (χ2v) is 5.45. The van der Waals surface area contributed by atoms with E-state index in [0.29, 0.717) is 34.9 Å². The molecule has 1 unspecified atom stereocenters. The van der Waals surface area contributed by atoms with Gasteiger partial charge in [-0.2, -0.15) is 0 Å². The molecule has 0 bridgehead atoms. The summed E-state index contributed by atoms with van der Waals surface area (Å²) < 4.78 is 5.12. The fourth-order valence-electron chi connectivity index (χ4n) is 2.11. The highest BCUT2D eigenvalue weighted by atomic mass is 35.5. The Kier molecular flexibility index (Phi) is 5.66. The number of rotatable bonds is 6. The summed E-state index contributed by atoms with van der Waals surface area (Å²) in [7, 11) is 1.45. The number of nitro groups is 1. The molecule has 0 spiro atoms. The second kappa shape index (κ2) is 7.52. The van der Waals surface area contributed by atoms with Crippen molar-refractivity contribution in [3.05, 3.63) is 50.4 Å². The first-order valence-corrected chi connectivity index (χ1v) is 7.61. The molecule has 0 aliphatic heterocycles. The first-order chi connectivity index (χ1) is 11.4. The lowest BCUT2D eigenvalue weighted by Crippen LogP contribution is -2.18. The number of benzene rings is 1. The van der Waals surface area contributed by atoms with Gasteiger partial charge in [0.05, 0.1) is 10.6 Å². The highest BCUT2D eigenvalue weighted by Gasteiger charge is 2.19. The zero-order valence-electron chi connectivity index (χ0n) is 13.5. The number of hydrogen-bond acceptors (Lipinski definition) is 7. The summed E-state index contributed by atoms with van der Waals surface area (Å²) in [6, 6.07) is 4.76. The topological polar surface area (TPSA) is 116 Å². The molecule has 2 aromatic rings. The SMILES string of the molecule is CCc1nc(C(N)OC)c(Nc2ccc(C)c([N+](=O)[O-])c2)nc1Cl. The normalized spacial score (nSPS) is 12.0. The van der Waals surface area contributed by atoms with Crippen LogP contribution in [0.5, 0.6) is 0 Å². The molecule has 0 amide bonds. The summed E-state index contributed by atoms with van der Waals surface area (Å²) >= 11 is 6.12. The maximum Gasteiger partial charge on any atom is 0.274 e. The molecule has 0 fully saturated rings. The van der Waals surface area contributed by atoms with Gasteiger partial charge >= 0.3 is 0 Å². The van der Waals surface area contributed by atoms with Gasteiger partial charge in [-0.05, 0) is 19.4 Å². The lowest BCUT2D eigenvalue weighted by molar-refractivity contribution is -0.385. The van der Waals surface area contributed by atoms with Gasteiger partial charge in [0.15, 0.2) is 17.2 Å². The number of nitro benzene ring substituents is 1. The van der Waals surface area contributed by atoms with Gasteiger partial charge in [-0.1, -0.05) is 24.6 Å². The maximum atomic E-state index is 11.1. The van der Waals surface area contributed by atoms with Crippen LogP contribution in [0.2, 0.25) is 5.15 Å². The van der Waals surface area contributed by atoms with Gasteiger partial charge in [-0.3, -0.25) is 10.1 Å². The third kappa shape index (κ3) is 3.78. The minimum atomic E-state index is -0.803. The zero-order valence-corrected chi connectivity index (χ0v) is 14.3. The summed E-state index contributed by atoms with van der Waals surface area (Å²) in [6.45, 7) is 3.56. The van der Waals surface area contributed by atoms with Crippen molar-refractivity contribution in [2.24, 2.45) is 5.73 Å². The Morgan fingerprint density at radius 3 is 2.75 bits per heavy atom. The lowest BCUT2D eigenvalue weighted by atomic mass is 10.2. The van der Waals surface area contributed by atoms with Crippen molar-refractivity contribution < 1.29 is 9.66 Å². The highest BCUT2D eigenvalue weighted by Crippen LogP contribution is 2.28. The van der Waals surface area contributed by atoms with E-state index in [2.05, 4.69) is 15.3 Å². The molecule has 128 valence electrons. The van der Waals surface area contributed by atoms with Crippen LogP contribution < -0.4 is 11.1 Å². The largest absolute Gasteiger partial charge is 0.361 e. The summed E-state index contributed by atoms with van der Waals surface area (Å²) in [5.41, 5.74) is 7.92. The first-order valence-electron chi connectivity index (χ1n) is 7.24. The van der Waals surface area contributed by atoms with Crippen molar-refractivity contribution in [2.45, 2.75) is 26.5 Å². The molecule has 9 heteroatoms. The van der Waals surface area contributed by atoms with E-state index in [1.165, 1.54) is 13.2 Å². The molecule has 2 rings (SSSR count). The molecule has 1 atom stereocenters. The molecule has 8 nitrogen and oxygen atoms in total. The van der Waals surface area contributed by atoms with Gasteiger partial charge in [0.25, 0.3) is 5.69 Å². The van der Waals surface area contributed by atoms with Gasteiger partial charge in [0.1, 0.15) is 5.69 Å². The average molecular weight is 352 g/mol. The number of methoxy groups -OCH3 is 1. The molecule has 0 radical (unpaired) electrons. The number of aromatic nitrogens is 2. The number of nitrogens with one attached hydrogen (secondary N) is 1. The lowest BCUT2D eigenvalue weighted by Gasteiger charge is -2.16. The summed E-state index contributed by atoms with van der Waals surface area (Å²) in [5.74, 6) is 0.296. The molecule has 1 aromatic heterocycles. The second-order valence-electron chi connectivity index (χ2n) is 5.09. The number of nitrogens with zero attached hydrogens (tertiary/aromatic N) is 3. The van der Waals surface area contributed by atoms with E-state index < -0.39 is 11.2 Å². The predicted molar refractivity (Wildman–Crippen MR) is 91.5 cm³/mol. The highest BCUT2D eigenvalue weighted by molar-refractivity contribution is 6.30. The van der Waals surface area contributed by atoms with Crippen molar-refractivity contribution in [1.29, 1.82) is 0 Å². The van der Waals surface area contributed by atoms with Crippen LogP contribution in [0, 0.1) is 17.0 Å².